The van der Waals surface area contributed by atoms with Crippen molar-refractivity contribution in [2.45, 2.75) is 44.9 Å². The number of hydrogen-bond acceptors (Lipinski definition) is 1. The Bertz CT molecular complexity index is 203. The maximum atomic E-state index is 10.2. The lowest BCUT2D eigenvalue weighted by Gasteiger charge is -1.97. The third-order valence-corrected chi connectivity index (χ3v) is 2.16. The van der Waals surface area contributed by atoms with E-state index in [0.29, 0.717) is 6.42 Å². The summed E-state index contributed by atoms with van der Waals surface area (Å²) < 4.78 is 0. The molecule has 0 saturated carbocycles. The molecule has 0 rings (SSSR count). The smallest absolute Gasteiger partial charge is 0.303 e. The molecule has 0 aromatic heterocycles. The van der Waals surface area contributed by atoms with Crippen LogP contribution in [-0.4, -0.2) is 16.4 Å². The topological polar surface area (TPSA) is 37.3 Å². The fraction of sp³-hybridized carbons (Fsp3) is 0.727. The van der Waals surface area contributed by atoms with Crippen molar-refractivity contribution in [2.24, 2.45) is 0 Å². The Morgan fingerprint density at radius 3 is 2.36 bits per heavy atom. The Kier molecular flexibility index (Phi) is 10.2. The molecule has 0 atom stereocenters. The normalized spacial score (nSPS) is 9.21. The predicted molar refractivity (Wildman–Crippen MR) is 61.5 cm³/mol. The number of hydrogen-bond donors (Lipinski definition) is 1. The van der Waals surface area contributed by atoms with Crippen LogP contribution in [0.2, 0.25) is 0 Å². The first-order valence-electron chi connectivity index (χ1n) is 5.01. The van der Waals surface area contributed by atoms with Crippen LogP contribution < -0.4 is 0 Å². The first-order chi connectivity index (χ1) is 6.77. The SMILES string of the molecule is O=C(O)CCCCCCCC#CCBr. The second kappa shape index (κ2) is 10.6. The molecule has 2 nitrogen and oxygen atoms in total. The summed E-state index contributed by atoms with van der Waals surface area (Å²) in [4.78, 5) is 10.2. The minimum absolute atomic E-state index is 0.309. The Labute approximate surface area is 94.2 Å². The van der Waals surface area contributed by atoms with Crippen molar-refractivity contribution in [1.29, 1.82) is 0 Å². The molecule has 0 unspecified atom stereocenters. The predicted octanol–water partition coefficient (Wildman–Crippen LogP) is 3.20. The number of rotatable bonds is 7. The summed E-state index contributed by atoms with van der Waals surface area (Å²) >= 11 is 3.24. The third kappa shape index (κ3) is 11.5. The lowest BCUT2D eigenvalue weighted by molar-refractivity contribution is -0.137. The molecule has 0 amide bonds. The summed E-state index contributed by atoms with van der Waals surface area (Å²) in [5.74, 6) is 5.32. The van der Waals surface area contributed by atoms with Crippen molar-refractivity contribution in [3.63, 3.8) is 0 Å². The molecule has 0 heterocycles. The van der Waals surface area contributed by atoms with Crippen molar-refractivity contribution in [3.05, 3.63) is 0 Å². The maximum Gasteiger partial charge on any atom is 0.303 e. The highest BCUT2D eigenvalue weighted by Crippen LogP contribution is 2.06. The minimum Gasteiger partial charge on any atom is -0.481 e. The van der Waals surface area contributed by atoms with Crippen LogP contribution in [0.5, 0.6) is 0 Å². The number of carboxylic acid groups (broad SMARTS) is 1. The van der Waals surface area contributed by atoms with E-state index in [9.17, 15) is 4.79 Å². The van der Waals surface area contributed by atoms with Crippen LogP contribution in [0.4, 0.5) is 0 Å². The van der Waals surface area contributed by atoms with E-state index in [0.717, 1.165) is 43.9 Å². The van der Waals surface area contributed by atoms with Crippen molar-refractivity contribution >= 4 is 21.9 Å². The van der Waals surface area contributed by atoms with Gasteiger partial charge in [-0.05, 0) is 12.8 Å². The lowest BCUT2D eigenvalue weighted by Crippen LogP contribution is -1.93. The molecule has 0 aliphatic heterocycles. The van der Waals surface area contributed by atoms with Gasteiger partial charge in [0.1, 0.15) is 0 Å². The van der Waals surface area contributed by atoms with Crippen LogP contribution in [0.3, 0.4) is 0 Å². The highest BCUT2D eigenvalue weighted by Gasteiger charge is 1.95. The zero-order valence-corrected chi connectivity index (χ0v) is 9.98. The number of unbranched alkanes of at least 4 members (excludes halogenated alkanes) is 5. The second-order valence-corrected chi connectivity index (χ2v) is 3.71. The van der Waals surface area contributed by atoms with E-state index in [1.165, 1.54) is 0 Å². The lowest BCUT2D eigenvalue weighted by atomic mass is 10.1. The third-order valence-electron chi connectivity index (χ3n) is 1.88. The summed E-state index contributed by atoms with van der Waals surface area (Å²) in [6.45, 7) is 0. The van der Waals surface area contributed by atoms with Gasteiger partial charge in [-0.3, -0.25) is 4.79 Å². The largest absolute Gasteiger partial charge is 0.481 e. The summed E-state index contributed by atoms with van der Waals surface area (Å²) in [5, 5.41) is 9.15. The summed E-state index contributed by atoms with van der Waals surface area (Å²) in [6.07, 6.45) is 6.53. The van der Waals surface area contributed by atoms with Crippen molar-refractivity contribution in [3.8, 4) is 11.8 Å². The molecule has 80 valence electrons. The van der Waals surface area contributed by atoms with E-state index in [2.05, 4.69) is 27.8 Å². The fourth-order valence-corrected chi connectivity index (χ4v) is 1.35. The number of alkyl halides is 1. The Morgan fingerprint density at radius 1 is 1.07 bits per heavy atom. The molecule has 0 fully saturated rings. The molecule has 1 N–H and O–H groups in total. The average molecular weight is 261 g/mol. The maximum absolute atomic E-state index is 10.2. The molecule has 0 radical (unpaired) electrons. The van der Waals surface area contributed by atoms with Gasteiger partial charge in [-0.15, -0.1) is 5.92 Å². The molecule has 0 aromatic carbocycles. The van der Waals surface area contributed by atoms with E-state index in [1.807, 2.05) is 0 Å². The number of carboxylic acids is 1. The quantitative estimate of drug-likeness (QED) is 0.434. The summed E-state index contributed by atoms with van der Waals surface area (Å²) in [7, 11) is 0. The van der Waals surface area contributed by atoms with E-state index >= 15 is 0 Å². The van der Waals surface area contributed by atoms with Gasteiger partial charge in [0, 0.05) is 12.8 Å². The van der Waals surface area contributed by atoms with Gasteiger partial charge in [-0.2, -0.15) is 0 Å². The molecule has 14 heavy (non-hydrogen) atoms. The minimum atomic E-state index is -0.687. The molecule has 0 aliphatic rings. The fourth-order valence-electron chi connectivity index (χ4n) is 1.16. The molecule has 3 heteroatoms. The van der Waals surface area contributed by atoms with Gasteiger partial charge in [-0.1, -0.05) is 41.1 Å². The van der Waals surface area contributed by atoms with Gasteiger partial charge in [-0.25, -0.2) is 0 Å². The van der Waals surface area contributed by atoms with Gasteiger partial charge in [0.05, 0.1) is 5.33 Å². The summed E-state index contributed by atoms with van der Waals surface area (Å²) in [6, 6.07) is 0. The monoisotopic (exact) mass is 260 g/mol. The van der Waals surface area contributed by atoms with Crippen LogP contribution in [-0.2, 0) is 4.79 Å². The van der Waals surface area contributed by atoms with E-state index in [-0.39, 0.29) is 0 Å². The van der Waals surface area contributed by atoms with Gasteiger partial charge in [0.25, 0.3) is 0 Å². The van der Waals surface area contributed by atoms with Crippen LogP contribution >= 0.6 is 15.9 Å². The first kappa shape index (κ1) is 13.5. The van der Waals surface area contributed by atoms with Gasteiger partial charge < -0.3 is 5.11 Å². The number of halogens is 1. The molecule has 0 spiro atoms. The molecule has 0 aliphatic carbocycles. The van der Waals surface area contributed by atoms with Crippen molar-refractivity contribution < 1.29 is 9.90 Å². The molecular formula is C11H17BrO2. The van der Waals surface area contributed by atoms with Crippen molar-refractivity contribution in [2.75, 3.05) is 5.33 Å². The molecule has 0 saturated heterocycles. The summed E-state index contributed by atoms with van der Waals surface area (Å²) in [5.41, 5.74) is 0. The molecule has 0 aromatic rings. The average Bonchev–Trinajstić information content (AvgIpc) is 2.15. The second-order valence-electron chi connectivity index (χ2n) is 3.15. The highest BCUT2D eigenvalue weighted by atomic mass is 79.9. The van der Waals surface area contributed by atoms with Crippen molar-refractivity contribution in [1.82, 2.24) is 0 Å². The Hall–Kier alpha value is -0.490. The first-order valence-corrected chi connectivity index (χ1v) is 6.13. The van der Waals surface area contributed by atoms with Gasteiger partial charge in [0.2, 0.25) is 0 Å². The highest BCUT2D eigenvalue weighted by molar-refractivity contribution is 9.09. The van der Waals surface area contributed by atoms with Crippen LogP contribution in [0, 0.1) is 11.8 Å². The van der Waals surface area contributed by atoms with Crippen LogP contribution in [0.1, 0.15) is 44.9 Å². The number of aliphatic carboxylic acids is 1. The zero-order valence-electron chi connectivity index (χ0n) is 8.39. The van der Waals surface area contributed by atoms with E-state index < -0.39 is 5.97 Å². The standard InChI is InChI=1S/C11H17BrO2/c12-10-8-6-4-2-1-3-5-7-9-11(13)14/h1-5,7,9-10H2,(H,13,14). The van der Waals surface area contributed by atoms with E-state index in [1.54, 1.807) is 0 Å². The van der Waals surface area contributed by atoms with Crippen LogP contribution in [0.15, 0.2) is 0 Å². The van der Waals surface area contributed by atoms with E-state index in [4.69, 9.17) is 5.11 Å². The molecule has 0 bridgehead atoms. The Morgan fingerprint density at radius 2 is 1.71 bits per heavy atom. The zero-order chi connectivity index (χ0) is 10.6. The van der Waals surface area contributed by atoms with Crippen LogP contribution in [0.25, 0.3) is 0 Å². The van der Waals surface area contributed by atoms with Gasteiger partial charge >= 0.3 is 5.97 Å². The number of carbonyl (C=O) groups is 1. The molecular weight excluding hydrogens is 244 g/mol. The van der Waals surface area contributed by atoms with Gasteiger partial charge in [0.15, 0.2) is 0 Å². The Balaban J connectivity index is 3.03.